The first-order chi connectivity index (χ1) is 6.53. The van der Waals surface area contributed by atoms with Crippen LogP contribution in [0.1, 0.15) is 40.5 Å². The van der Waals surface area contributed by atoms with E-state index in [-0.39, 0.29) is 12.4 Å². The van der Waals surface area contributed by atoms with E-state index in [4.69, 9.17) is 14.2 Å². The highest BCUT2D eigenvalue weighted by Crippen LogP contribution is 2.41. The standard InChI is InChI=1S/C11H20O3/c1-5-6-8-7(2)9-10(12-8)14-11(3,4)13-9/h7-10H,5-6H2,1-4H3/t7?,8-,9-,10-/m1/s1. The van der Waals surface area contributed by atoms with Gasteiger partial charge >= 0.3 is 0 Å². The Morgan fingerprint density at radius 2 is 1.93 bits per heavy atom. The van der Waals surface area contributed by atoms with E-state index in [0.717, 1.165) is 12.8 Å². The lowest BCUT2D eigenvalue weighted by Crippen LogP contribution is -2.28. The minimum absolute atomic E-state index is 0.126. The normalized spacial score (nSPS) is 45.4. The summed E-state index contributed by atoms with van der Waals surface area (Å²) in [6, 6.07) is 0. The number of ether oxygens (including phenoxy) is 3. The van der Waals surface area contributed by atoms with Gasteiger partial charge in [-0.3, -0.25) is 0 Å². The Hall–Kier alpha value is -0.120. The summed E-state index contributed by atoms with van der Waals surface area (Å²) < 4.78 is 17.3. The van der Waals surface area contributed by atoms with Crippen molar-refractivity contribution in [3.8, 4) is 0 Å². The monoisotopic (exact) mass is 200 g/mol. The molecule has 0 aromatic rings. The van der Waals surface area contributed by atoms with Gasteiger partial charge in [0, 0.05) is 5.92 Å². The van der Waals surface area contributed by atoms with Crippen molar-refractivity contribution in [2.45, 2.75) is 64.8 Å². The van der Waals surface area contributed by atoms with Gasteiger partial charge in [0.1, 0.15) is 6.10 Å². The molecule has 0 aromatic carbocycles. The molecule has 0 radical (unpaired) electrons. The quantitative estimate of drug-likeness (QED) is 0.684. The Kier molecular flexibility index (Phi) is 2.58. The van der Waals surface area contributed by atoms with Crippen molar-refractivity contribution in [2.24, 2.45) is 5.92 Å². The first-order valence-corrected chi connectivity index (χ1v) is 5.54. The lowest BCUT2D eigenvalue weighted by atomic mass is 9.98. The highest BCUT2D eigenvalue weighted by molar-refractivity contribution is 4.90. The summed E-state index contributed by atoms with van der Waals surface area (Å²) >= 11 is 0. The average molecular weight is 200 g/mol. The second-order valence-electron chi connectivity index (χ2n) is 4.79. The predicted octanol–water partition coefficient (Wildman–Crippen LogP) is 2.30. The molecule has 4 atom stereocenters. The maximum atomic E-state index is 5.83. The van der Waals surface area contributed by atoms with Crippen LogP contribution >= 0.6 is 0 Å². The first kappa shape index (κ1) is 10.4. The second kappa shape index (κ2) is 3.47. The number of hydrogen-bond acceptors (Lipinski definition) is 3. The number of fused-ring (bicyclic) bond motifs is 1. The van der Waals surface area contributed by atoms with Gasteiger partial charge in [0.2, 0.25) is 0 Å². The van der Waals surface area contributed by atoms with Crippen LogP contribution in [0.3, 0.4) is 0 Å². The Bertz CT molecular complexity index is 215. The van der Waals surface area contributed by atoms with Gasteiger partial charge in [-0.25, -0.2) is 0 Å². The lowest BCUT2D eigenvalue weighted by molar-refractivity contribution is -0.209. The molecule has 3 heteroatoms. The molecule has 0 aliphatic carbocycles. The molecule has 82 valence electrons. The zero-order valence-corrected chi connectivity index (χ0v) is 9.45. The fraction of sp³-hybridized carbons (Fsp3) is 1.00. The predicted molar refractivity (Wildman–Crippen MR) is 52.8 cm³/mol. The van der Waals surface area contributed by atoms with Crippen molar-refractivity contribution in [1.29, 1.82) is 0 Å². The summed E-state index contributed by atoms with van der Waals surface area (Å²) in [4.78, 5) is 0. The van der Waals surface area contributed by atoms with Gasteiger partial charge in [-0.2, -0.15) is 0 Å². The van der Waals surface area contributed by atoms with E-state index >= 15 is 0 Å². The maximum absolute atomic E-state index is 5.83. The van der Waals surface area contributed by atoms with E-state index in [0.29, 0.717) is 12.0 Å². The third-order valence-corrected chi connectivity index (χ3v) is 3.07. The van der Waals surface area contributed by atoms with Gasteiger partial charge in [0.05, 0.1) is 6.10 Å². The molecule has 2 saturated heterocycles. The highest BCUT2D eigenvalue weighted by atomic mass is 16.8. The number of hydrogen-bond donors (Lipinski definition) is 0. The van der Waals surface area contributed by atoms with E-state index in [2.05, 4.69) is 13.8 Å². The minimum atomic E-state index is -0.471. The Morgan fingerprint density at radius 3 is 2.50 bits per heavy atom. The molecule has 0 amide bonds. The van der Waals surface area contributed by atoms with E-state index in [1.165, 1.54) is 0 Å². The third kappa shape index (κ3) is 1.69. The van der Waals surface area contributed by atoms with Crippen LogP contribution in [-0.4, -0.2) is 24.3 Å². The van der Waals surface area contributed by atoms with Crippen LogP contribution in [0.4, 0.5) is 0 Å². The average Bonchev–Trinajstić information content (AvgIpc) is 2.50. The van der Waals surface area contributed by atoms with Crippen molar-refractivity contribution in [2.75, 3.05) is 0 Å². The Balaban J connectivity index is 2.00. The largest absolute Gasteiger partial charge is 0.346 e. The molecule has 14 heavy (non-hydrogen) atoms. The lowest BCUT2D eigenvalue weighted by Gasteiger charge is -2.23. The molecule has 2 heterocycles. The Labute approximate surface area is 85.7 Å². The van der Waals surface area contributed by atoms with Gasteiger partial charge in [-0.15, -0.1) is 0 Å². The maximum Gasteiger partial charge on any atom is 0.187 e. The minimum Gasteiger partial charge on any atom is -0.346 e. The van der Waals surface area contributed by atoms with Crippen LogP contribution in [0.25, 0.3) is 0 Å². The van der Waals surface area contributed by atoms with Crippen LogP contribution in [0, 0.1) is 5.92 Å². The van der Waals surface area contributed by atoms with Gasteiger partial charge in [-0.1, -0.05) is 20.3 Å². The van der Waals surface area contributed by atoms with Gasteiger partial charge in [-0.05, 0) is 20.3 Å². The fourth-order valence-corrected chi connectivity index (χ4v) is 2.34. The topological polar surface area (TPSA) is 27.7 Å². The van der Waals surface area contributed by atoms with Crippen molar-refractivity contribution < 1.29 is 14.2 Å². The van der Waals surface area contributed by atoms with E-state index in [1.54, 1.807) is 0 Å². The molecule has 1 unspecified atom stereocenters. The molecule has 2 rings (SSSR count). The second-order valence-corrected chi connectivity index (χ2v) is 4.79. The van der Waals surface area contributed by atoms with Crippen LogP contribution in [-0.2, 0) is 14.2 Å². The molecular weight excluding hydrogens is 180 g/mol. The molecule has 0 spiro atoms. The summed E-state index contributed by atoms with van der Waals surface area (Å²) in [6.07, 6.45) is 2.54. The Morgan fingerprint density at radius 1 is 1.21 bits per heavy atom. The third-order valence-electron chi connectivity index (χ3n) is 3.07. The van der Waals surface area contributed by atoms with E-state index in [9.17, 15) is 0 Å². The van der Waals surface area contributed by atoms with Crippen molar-refractivity contribution in [3.05, 3.63) is 0 Å². The van der Waals surface area contributed by atoms with Gasteiger partial charge in [0.15, 0.2) is 12.1 Å². The molecule has 0 bridgehead atoms. The summed E-state index contributed by atoms with van der Waals surface area (Å²) in [5.74, 6) is -0.0254. The van der Waals surface area contributed by atoms with Crippen molar-refractivity contribution >= 4 is 0 Å². The zero-order chi connectivity index (χ0) is 10.3. The molecule has 0 saturated carbocycles. The van der Waals surface area contributed by atoms with Crippen molar-refractivity contribution in [1.82, 2.24) is 0 Å². The highest BCUT2D eigenvalue weighted by Gasteiger charge is 2.52. The molecular formula is C11H20O3. The molecule has 3 nitrogen and oxygen atoms in total. The molecule has 0 N–H and O–H groups in total. The fourth-order valence-electron chi connectivity index (χ4n) is 2.34. The van der Waals surface area contributed by atoms with E-state index < -0.39 is 5.79 Å². The van der Waals surface area contributed by atoms with Crippen LogP contribution in [0.15, 0.2) is 0 Å². The SMILES string of the molecule is CCC[C@H]1O[C@@H]2OC(C)(C)O[C@@H]2C1C. The van der Waals surface area contributed by atoms with Gasteiger partial charge < -0.3 is 14.2 Å². The van der Waals surface area contributed by atoms with E-state index in [1.807, 2.05) is 13.8 Å². The summed E-state index contributed by atoms with van der Waals surface area (Å²) in [5.41, 5.74) is 0. The summed E-state index contributed by atoms with van der Waals surface area (Å²) in [7, 11) is 0. The molecule has 2 aliphatic rings. The van der Waals surface area contributed by atoms with Crippen LogP contribution < -0.4 is 0 Å². The molecule has 0 aromatic heterocycles. The zero-order valence-electron chi connectivity index (χ0n) is 9.45. The summed E-state index contributed by atoms with van der Waals surface area (Å²) in [6.45, 7) is 8.25. The van der Waals surface area contributed by atoms with Crippen LogP contribution in [0.2, 0.25) is 0 Å². The molecule has 2 aliphatic heterocycles. The smallest absolute Gasteiger partial charge is 0.187 e. The van der Waals surface area contributed by atoms with Crippen LogP contribution in [0.5, 0.6) is 0 Å². The van der Waals surface area contributed by atoms with Crippen molar-refractivity contribution in [3.63, 3.8) is 0 Å². The number of rotatable bonds is 2. The first-order valence-electron chi connectivity index (χ1n) is 5.54. The molecule has 2 fully saturated rings. The van der Waals surface area contributed by atoms with Gasteiger partial charge in [0.25, 0.3) is 0 Å². The summed E-state index contributed by atoms with van der Waals surface area (Å²) in [5, 5.41) is 0.